The number of nitrogens with zero attached hydrogens (tertiary/aromatic N) is 2. The van der Waals surface area contributed by atoms with Crippen molar-refractivity contribution in [1.82, 2.24) is 9.97 Å². The van der Waals surface area contributed by atoms with E-state index in [0.29, 0.717) is 30.7 Å². The van der Waals surface area contributed by atoms with Crippen LogP contribution in [0.4, 0.5) is 5.82 Å². The van der Waals surface area contributed by atoms with E-state index in [1.165, 1.54) is 0 Å². The van der Waals surface area contributed by atoms with Crippen molar-refractivity contribution in [3.63, 3.8) is 0 Å². The summed E-state index contributed by atoms with van der Waals surface area (Å²) in [5.41, 5.74) is 2.49. The zero-order chi connectivity index (χ0) is 12.7. The molecule has 1 heterocycles. The molecule has 17 heavy (non-hydrogen) atoms. The van der Waals surface area contributed by atoms with Crippen molar-refractivity contribution in [1.29, 1.82) is 0 Å². The number of ether oxygens (including phenoxy) is 2. The Morgan fingerprint density at radius 2 is 2.18 bits per heavy atom. The van der Waals surface area contributed by atoms with Crippen LogP contribution in [0, 0.1) is 0 Å². The Morgan fingerprint density at radius 1 is 1.41 bits per heavy atom. The minimum absolute atomic E-state index is 0.107. The zero-order valence-electron chi connectivity index (χ0n) is 10.6. The van der Waals surface area contributed by atoms with Gasteiger partial charge in [-0.05, 0) is 20.3 Å². The standard InChI is InChI=1S/C11H20N4O2/c1-4-8(3)17-11-6-9(15-12)13-10(14-11)7-16-5-2/h6,8H,4-5,7,12H2,1-3H3,(H,13,14,15). The molecule has 0 radical (unpaired) electrons. The molecule has 0 aromatic carbocycles. The van der Waals surface area contributed by atoms with E-state index in [2.05, 4.69) is 22.3 Å². The summed E-state index contributed by atoms with van der Waals surface area (Å²) in [5.74, 6) is 6.93. The topological polar surface area (TPSA) is 82.3 Å². The normalized spacial score (nSPS) is 12.2. The molecule has 0 amide bonds. The fourth-order valence-corrected chi connectivity index (χ4v) is 1.15. The smallest absolute Gasteiger partial charge is 0.219 e. The quantitative estimate of drug-likeness (QED) is 0.555. The van der Waals surface area contributed by atoms with Crippen LogP contribution in [-0.2, 0) is 11.3 Å². The summed E-state index contributed by atoms with van der Waals surface area (Å²) in [4.78, 5) is 8.42. The molecule has 6 heteroatoms. The first-order valence-corrected chi connectivity index (χ1v) is 5.78. The highest BCUT2D eigenvalue weighted by molar-refractivity contribution is 5.36. The second-order valence-corrected chi connectivity index (χ2v) is 3.63. The van der Waals surface area contributed by atoms with Gasteiger partial charge < -0.3 is 14.9 Å². The Morgan fingerprint density at radius 3 is 2.76 bits per heavy atom. The van der Waals surface area contributed by atoms with E-state index >= 15 is 0 Å². The summed E-state index contributed by atoms with van der Waals surface area (Å²) in [6, 6.07) is 1.67. The highest BCUT2D eigenvalue weighted by Crippen LogP contribution is 2.15. The summed E-state index contributed by atoms with van der Waals surface area (Å²) in [6.07, 6.45) is 1.02. The Bertz CT molecular complexity index is 346. The molecule has 0 spiro atoms. The van der Waals surface area contributed by atoms with Gasteiger partial charge in [-0.1, -0.05) is 6.92 Å². The summed E-state index contributed by atoms with van der Waals surface area (Å²) in [6.45, 7) is 6.92. The molecule has 1 aromatic heterocycles. The molecule has 0 aliphatic carbocycles. The minimum atomic E-state index is 0.107. The molecule has 1 rings (SSSR count). The number of nitrogens with two attached hydrogens (primary N) is 1. The van der Waals surface area contributed by atoms with E-state index in [-0.39, 0.29) is 6.10 Å². The Kier molecular flexibility index (Phi) is 5.65. The van der Waals surface area contributed by atoms with Gasteiger partial charge in [0.05, 0.1) is 6.10 Å². The van der Waals surface area contributed by atoms with Gasteiger partial charge in [-0.25, -0.2) is 10.8 Å². The maximum Gasteiger partial charge on any atom is 0.219 e. The van der Waals surface area contributed by atoms with Crippen LogP contribution in [0.1, 0.15) is 33.0 Å². The fraction of sp³-hybridized carbons (Fsp3) is 0.636. The number of rotatable bonds is 7. The molecule has 0 aliphatic heterocycles. The molecule has 0 bridgehead atoms. The number of nitrogen functional groups attached to an aromatic ring is 1. The maximum atomic E-state index is 5.62. The molecule has 0 aliphatic rings. The second-order valence-electron chi connectivity index (χ2n) is 3.63. The second kappa shape index (κ2) is 7.03. The van der Waals surface area contributed by atoms with Gasteiger partial charge in [0.1, 0.15) is 12.4 Å². The monoisotopic (exact) mass is 240 g/mol. The van der Waals surface area contributed by atoms with Gasteiger partial charge in [-0.3, -0.25) is 0 Å². The van der Waals surface area contributed by atoms with Crippen molar-refractivity contribution >= 4 is 5.82 Å². The lowest BCUT2D eigenvalue weighted by molar-refractivity contribution is 0.126. The number of nitrogens with one attached hydrogen (secondary N) is 1. The fourth-order valence-electron chi connectivity index (χ4n) is 1.15. The van der Waals surface area contributed by atoms with Gasteiger partial charge in [-0.2, -0.15) is 4.98 Å². The van der Waals surface area contributed by atoms with Crippen molar-refractivity contribution in [3.8, 4) is 5.88 Å². The Balaban J connectivity index is 2.80. The highest BCUT2D eigenvalue weighted by atomic mass is 16.5. The number of aromatic nitrogens is 2. The molecule has 6 nitrogen and oxygen atoms in total. The van der Waals surface area contributed by atoms with Gasteiger partial charge >= 0.3 is 0 Å². The molecule has 3 N–H and O–H groups in total. The largest absolute Gasteiger partial charge is 0.475 e. The summed E-state index contributed by atoms with van der Waals surface area (Å²) < 4.78 is 10.9. The van der Waals surface area contributed by atoms with E-state index in [1.54, 1.807) is 6.07 Å². The van der Waals surface area contributed by atoms with Crippen LogP contribution in [0.25, 0.3) is 0 Å². The average molecular weight is 240 g/mol. The molecule has 1 atom stereocenters. The SMILES string of the molecule is CCOCc1nc(NN)cc(OC(C)CC)n1. The van der Waals surface area contributed by atoms with E-state index < -0.39 is 0 Å². The lowest BCUT2D eigenvalue weighted by atomic mass is 10.3. The third-order valence-corrected chi connectivity index (χ3v) is 2.23. The lowest BCUT2D eigenvalue weighted by Gasteiger charge is -2.13. The van der Waals surface area contributed by atoms with Crippen molar-refractivity contribution < 1.29 is 9.47 Å². The third-order valence-electron chi connectivity index (χ3n) is 2.23. The van der Waals surface area contributed by atoms with E-state index in [9.17, 15) is 0 Å². The number of hydrogen-bond acceptors (Lipinski definition) is 6. The average Bonchev–Trinajstić information content (AvgIpc) is 2.35. The van der Waals surface area contributed by atoms with Gasteiger partial charge in [0, 0.05) is 12.7 Å². The highest BCUT2D eigenvalue weighted by Gasteiger charge is 2.07. The summed E-state index contributed by atoms with van der Waals surface area (Å²) in [5, 5.41) is 0. The van der Waals surface area contributed by atoms with Gasteiger partial charge in [-0.15, -0.1) is 0 Å². The molecule has 0 saturated carbocycles. The molecular formula is C11H20N4O2. The van der Waals surface area contributed by atoms with Crippen LogP contribution in [0.3, 0.4) is 0 Å². The predicted octanol–water partition coefficient (Wildman–Crippen LogP) is 1.48. The Labute approximate surface area is 102 Å². The first kappa shape index (κ1) is 13.7. The molecule has 0 saturated heterocycles. The van der Waals surface area contributed by atoms with Crippen LogP contribution < -0.4 is 16.0 Å². The van der Waals surface area contributed by atoms with Gasteiger partial charge in [0.25, 0.3) is 0 Å². The van der Waals surface area contributed by atoms with Crippen molar-refractivity contribution in [2.24, 2.45) is 5.84 Å². The number of hydrogen-bond donors (Lipinski definition) is 2. The molecule has 1 unspecified atom stereocenters. The van der Waals surface area contributed by atoms with Crippen LogP contribution >= 0.6 is 0 Å². The van der Waals surface area contributed by atoms with Crippen molar-refractivity contribution in [3.05, 3.63) is 11.9 Å². The third kappa shape index (κ3) is 4.54. The summed E-state index contributed by atoms with van der Waals surface area (Å²) >= 11 is 0. The maximum absolute atomic E-state index is 5.62. The van der Waals surface area contributed by atoms with E-state index in [4.69, 9.17) is 15.3 Å². The van der Waals surface area contributed by atoms with Crippen LogP contribution in [0.2, 0.25) is 0 Å². The number of hydrazine groups is 1. The van der Waals surface area contributed by atoms with Gasteiger partial charge in [0.15, 0.2) is 5.82 Å². The van der Waals surface area contributed by atoms with Gasteiger partial charge in [0.2, 0.25) is 5.88 Å². The first-order valence-electron chi connectivity index (χ1n) is 5.78. The predicted molar refractivity (Wildman–Crippen MR) is 65.6 cm³/mol. The Hall–Kier alpha value is -1.40. The van der Waals surface area contributed by atoms with Crippen molar-refractivity contribution in [2.45, 2.75) is 39.9 Å². The summed E-state index contributed by atoms with van der Waals surface area (Å²) in [7, 11) is 0. The van der Waals surface area contributed by atoms with Crippen molar-refractivity contribution in [2.75, 3.05) is 12.0 Å². The van der Waals surface area contributed by atoms with Crippen LogP contribution in [-0.4, -0.2) is 22.7 Å². The van der Waals surface area contributed by atoms with E-state index in [1.807, 2.05) is 13.8 Å². The van der Waals surface area contributed by atoms with Crippen LogP contribution in [0.15, 0.2) is 6.07 Å². The van der Waals surface area contributed by atoms with Crippen LogP contribution in [0.5, 0.6) is 5.88 Å². The zero-order valence-corrected chi connectivity index (χ0v) is 10.6. The lowest BCUT2D eigenvalue weighted by Crippen LogP contribution is -2.15. The molecule has 1 aromatic rings. The number of anilines is 1. The molecule has 0 fully saturated rings. The molecule has 96 valence electrons. The molecular weight excluding hydrogens is 220 g/mol. The minimum Gasteiger partial charge on any atom is -0.475 e. The first-order chi connectivity index (χ1) is 8.19. The van der Waals surface area contributed by atoms with E-state index in [0.717, 1.165) is 6.42 Å².